The van der Waals surface area contributed by atoms with E-state index in [4.69, 9.17) is 13.9 Å². The van der Waals surface area contributed by atoms with Crippen LogP contribution in [0.1, 0.15) is 18.4 Å². The average molecular weight is 458 g/mol. The lowest BCUT2D eigenvalue weighted by molar-refractivity contribution is -0.151. The van der Waals surface area contributed by atoms with Crippen LogP contribution in [0.3, 0.4) is 0 Å². The number of esters is 1. The number of rotatable bonds is 6. The number of aromatic nitrogens is 1. The molecule has 1 saturated heterocycles. The number of piperidine rings is 1. The van der Waals surface area contributed by atoms with Crippen LogP contribution in [0.2, 0.25) is 0 Å². The standard InChI is InChI=1S/C22H22N2O7S/c1-29-17-4-5-19-16(11-21(25)31-20(19)12-17)14-30-22(26)15-6-9-24(10-7-15)32(27,28)18-3-2-8-23-13-18/h2-5,8,11-13,15H,6-7,9-10,14H2,1H3. The summed E-state index contributed by atoms with van der Waals surface area (Å²) in [5, 5.41) is 0.649. The summed E-state index contributed by atoms with van der Waals surface area (Å²) in [7, 11) is -2.13. The van der Waals surface area contributed by atoms with Crippen LogP contribution in [0, 0.1) is 5.92 Å². The van der Waals surface area contributed by atoms with Crippen molar-refractivity contribution in [2.24, 2.45) is 5.92 Å². The zero-order chi connectivity index (χ0) is 22.7. The Balaban J connectivity index is 1.39. The Kier molecular flexibility index (Phi) is 6.24. The molecule has 0 atom stereocenters. The Morgan fingerprint density at radius 3 is 2.69 bits per heavy atom. The van der Waals surface area contributed by atoms with Gasteiger partial charge in [-0.15, -0.1) is 0 Å². The molecule has 168 valence electrons. The molecular weight excluding hydrogens is 436 g/mol. The number of carbonyl (C=O) groups excluding carboxylic acids is 1. The fraction of sp³-hybridized carbons (Fsp3) is 0.318. The summed E-state index contributed by atoms with van der Waals surface area (Å²) in [4.78, 5) is 28.5. The van der Waals surface area contributed by atoms with Crippen molar-refractivity contribution in [2.45, 2.75) is 24.3 Å². The Morgan fingerprint density at radius 1 is 1.22 bits per heavy atom. The molecule has 10 heteroatoms. The molecule has 0 radical (unpaired) electrons. The van der Waals surface area contributed by atoms with Gasteiger partial charge in [-0.2, -0.15) is 4.31 Å². The minimum atomic E-state index is -3.64. The van der Waals surface area contributed by atoms with Gasteiger partial charge in [-0.1, -0.05) is 0 Å². The van der Waals surface area contributed by atoms with Gasteiger partial charge in [-0.3, -0.25) is 9.78 Å². The molecule has 1 aliphatic heterocycles. The van der Waals surface area contributed by atoms with E-state index in [0.29, 0.717) is 35.1 Å². The largest absolute Gasteiger partial charge is 0.497 e. The molecule has 0 bridgehead atoms. The third-order valence-corrected chi connectivity index (χ3v) is 7.35. The highest BCUT2D eigenvalue weighted by Crippen LogP contribution is 2.26. The van der Waals surface area contributed by atoms with E-state index in [1.165, 1.54) is 35.9 Å². The molecular formula is C22H22N2O7S. The van der Waals surface area contributed by atoms with Gasteiger partial charge in [0.2, 0.25) is 10.0 Å². The SMILES string of the molecule is COc1ccc2c(COC(=O)C3CCN(S(=O)(=O)c4cccnc4)CC3)cc(=O)oc2c1. The van der Waals surface area contributed by atoms with Crippen LogP contribution >= 0.6 is 0 Å². The van der Waals surface area contributed by atoms with Crippen molar-refractivity contribution in [1.29, 1.82) is 0 Å². The zero-order valence-corrected chi connectivity index (χ0v) is 18.2. The van der Waals surface area contributed by atoms with Crippen LogP contribution in [0.4, 0.5) is 0 Å². The molecule has 0 spiro atoms. The lowest BCUT2D eigenvalue weighted by Gasteiger charge is -2.30. The Morgan fingerprint density at radius 2 is 2.00 bits per heavy atom. The number of sulfonamides is 1. The molecule has 0 aliphatic carbocycles. The average Bonchev–Trinajstić information content (AvgIpc) is 2.82. The number of hydrogen-bond acceptors (Lipinski definition) is 8. The third-order valence-electron chi connectivity index (χ3n) is 5.47. The lowest BCUT2D eigenvalue weighted by atomic mass is 9.98. The summed E-state index contributed by atoms with van der Waals surface area (Å²) < 4.78 is 42.6. The van der Waals surface area contributed by atoms with Crippen molar-refractivity contribution < 1.29 is 27.1 Å². The summed E-state index contributed by atoms with van der Waals surface area (Å²) in [5.41, 5.74) is 0.325. The summed E-state index contributed by atoms with van der Waals surface area (Å²) in [6.07, 6.45) is 3.53. The van der Waals surface area contributed by atoms with E-state index in [1.54, 1.807) is 24.3 Å². The van der Waals surface area contributed by atoms with Crippen LogP contribution in [0.15, 0.2) is 62.9 Å². The summed E-state index contributed by atoms with van der Waals surface area (Å²) in [5.74, 6) is -0.289. The van der Waals surface area contributed by atoms with Gasteiger partial charge in [-0.05, 0) is 37.1 Å². The van der Waals surface area contributed by atoms with Crippen molar-refractivity contribution in [3.05, 3.63) is 64.8 Å². The second-order valence-electron chi connectivity index (χ2n) is 7.43. The van der Waals surface area contributed by atoms with Gasteiger partial charge >= 0.3 is 11.6 Å². The lowest BCUT2D eigenvalue weighted by Crippen LogP contribution is -2.40. The predicted octanol–water partition coefficient (Wildman–Crippen LogP) is 2.34. The van der Waals surface area contributed by atoms with Gasteiger partial charge in [0.1, 0.15) is 22.8 Å². The van der Waals surface area contributed by atoms with Crippen molar-refractivity contribution in [1.82, 2.24) is 9.29 Å². The minimum absolute atomic E-state index is 0.0819. The van der Waals surface area contributed by atoms with Crippen LogP contribution in [-0.4, -0.2) is 43.9 Å². The number of carbonyl (C=O) groups is 1. The summed E-state index contributed by atoms with van der Waals surface area (Å²) in [6, 6.07) is 9.43. The van der Waals surface area contributed by atoms with Crippen molar-refractivity contribution >= 4 is 27.0 Å². The second-order valence-corrected chi connectivity index (χ2v) is 9.37. The molecule has 3 aromatic rings. The van der Waals surface area contributed by atoms with Crippen molar-refractivity contribution in [2.75, 3.05) is 20.2 Å². The van der Waals surface area contributed by atoms with Gasteiger partial charge in [-0.25, -0.2) is 13.2 Å². The number of benzene rings is 1. The molecule has 32 heavy (non-hydrogen) atoms. The van der Waals surface area contributed by atoms with Gasteiger partial charge in [0, 0.05) is 48.6 Å². The normalized spacial score (nSPS) is 15.5. The van der Waals surface area contributed by atoms with E-state index >= 15 is 0 Å². The highest BCUT2D eigenvalue weighted by atomic mass is 32.2. The molecule has 1 aliphatic rings. The summed E-state index contributed by atoms with van der Waals surface area (Å²) >= 11 is 0. The van der Waals surface area contributed by atoms with E-state index in [9.17, 15) is 18.0 Å². The number of methoxy groups -OCH3 is 1. The first-order chi connectivity index (χ1) is 15.4. The molecule has 1 aromatic carbocycles. The Labute approximate surface area is 184 Å². The second kappa shape index (κ2) is 9.09. The number of pyridine rings is 1. The van der Waals surface area contributed by atoms with E-state index < -0.39 is 27.5 Å². The van der Waals surface area contributed by atoms with E-state index in [-0.39, 0.29) is 24.6 Å². The number of ether oxygens (including phenoxy) is 2. The van der Waals surface area contributed by atoms with Crippen molar-refractivity contribution in [3.63, 3.8) is 0 Å². The van der Waals surface area contributed by atoms with Crippen LogP contribution < -0.4 is 10.4 Å². The number of hydrogen-bond donors (Lipinski definition) is 0. The minimum Gasteiger partial charge on any atom is -0.497 e. The maximum atomic E-state index is 12.7. The van der Waals surface area contributed by atoms with Crippen LogP contribution in [-0.2, 0) is 26.2 Å². The monoisotopic (exact) mass is 458 g/mol. The topological polar surface area (TPSA) is 116 Å². The highest BCUT2D eigenvalue weighted by molar-refractivity contribution is 7.89. The van der Waals surface area contributed by atoms with Gasteiger partial charge < -0.3 is 13.9 Å². The first kappa shape index (κ1) is 22.0. The first-order valence-corrected chi connectivity index (χ1v) is 11.5. The number of fused-ring (bicyclic) bond motifs is 1. The quantitative estimate of drug-likeness (QED) is 0.408. The van der Waals surface area contributed by atoms with Gasteiger partial charge in [0.15, 0.2) is 0 Å². The van der Waals surface area contributed by atoms with Gasteiger partial charge in [0.05, 0.1) is 13.0 Å². The van der Waals surface area contributed by atoms with E-state index in [2.05, 4.69) is 4.98 Å². The fourth-order valence-corrected chi connectivity index (χ4v) is 5.14. The molecule has 9 nitrogen and oxygen atoms in total. The molecule has 0 unspecified atom stereocenters. The third kappa shape index (κ3) is 4.51. The van der Waals surface area contributed by atoms with Gasteiger partial charge in [0.25, 0.3) is 0 Å². The fourth-order valence-electron chi connectivity index (χ4n) is 3.70. The molecule has 3 heterocycles. The van der Waals surface area contributed by atoms with E-state index in [1.807, 2.05) is 0 Å². The van der Waals surface area contributed by atoms with Crippen LogP contribution in [0.5, 0.6) is 5.75 Å². The molecule has 0 N–H and O–H groups in total. The molecule has 4 rings (SSSR count). The van der Waals surface area contributed by atoms with Crippen LogP contribution in [0.25, 0.3) is 11.0 Å². The first-order valence-electron chi connectivity index (χ1n) is 10.1. The molecule has 1 fully saturated rings. The van der Waals surface area contributed by atoms with E-state index in [0.717, 1.165) is 0 Å². The Bertz CT molecular complexity index is 1280. The molecule has 2 aromatic heterocycles. The maximum Gasteiger partial charge on any atom is 0.336 e. The predicted molar refractivity (Wildman–Crippen MR) is 115 cm³/mol. The molecule has 0 amide bonds. The Hall–Kier alpha value is -3.24. The smallest absolute Gasteiger partial charge is 0.336 e. The number of nitrogens with zero attached hydrogens (tertiary/aromatic N) is 2. The maximum absolute atomic E-state index is 12.7. The molecule has 0 saturated carbocycles. The summed E-state index contributed by atoms with van der Waals surface area (Å²) in [6.45, 7) is 0.352. The van der Waals surface area contributed by atoms with Crippen molar-refractivity contribution in [3.8, 4) is 5.75 Å². The highest BCUT2D eigenvalue weighted by Gasteiger charge is 2.33. The zero-order valence-electron chi connectivity index (χ0n) is 17.4.